The lowest BCUT2D eigenvalue weighted by Gasteiger charge is -2.23. The van der Waals surface area contributed by atoms with Gasteiger partial charge in [-0.3, -0.25) is 0 Å². The van der Waals surface area contributed by atoms with E-state index in [0.717, 1.165) is 18.4 Å². The molecule has 138 valence electrons. The van der Waals surface area contributed by atoms with Crippen molar-refractivity contribution in [3.05, 3.63) is 47.1 Å². The Balaban J connectivity index is 1.68. The third kappa shape index (κ3) is 4.19. The first kappa shape index (κ1) is 17.9. The summed E-state index contributed by atoms with van der Waals surface area (Å²) < 4.78 is 5.20. The third-order valence-electron chi connectivity index (χ3n) is 4.30. The van der Waals surface area contributed by atoms with E-state index in [0.29, 0.717) is 29.7 Å². The van der Waals surface area contributed by atoms with E-state index in [1.165, 1.54) is 4.90 Å². The van der Waals surface area contributed by atoms with Gasteiger partial charge in [0.1, 0.15) is 0 Å². The second kappa shape index (κ2) is 7.55. The minimum atomic E-state index is -1.12. The molecule has 1 unspecified atom stereocenters. The van der Waals surface area contributed by atoms with E-state index in [2.05, 4.69) is 15.5 Å². The number of nitrogens with zero attached hydrogens (tertiary/aromatic N) is 3. The summed E-state index contributed by atoms with van der Waals surface area (Å²) in [6, 6.07) is 5.46. The monoisotopic (exact) mass is 358 g/mol. The van der Waals surface area contributed by atoms with E-state index in [9.17, 15) is 14.7 Å². The van der Waals surface area contributed by atoms with Gasteiger partial charge >= 0.3 is 12.0 Å². The molecule has 1 heterocycles. The molecule has 2 amide bonds. The summed E-state index contributed by atoms with van der Waals surface area (Å²) in [6.07, 6.45) is 2.10. The Morgan fingerprint density at radius 3 is 2.81 bits per heavy atom. The molecule has 26 heavy (non-hydrogen) atoms. The highest BCUT2D eigenvalue weighted by atomic mass is 16.5. The topological polar surface area (TPSA) is 109 Å². The van der Waals surface area contributed by atoms with Gasteiger partial charge in [0.15, 0.2) is 11.9 Å². The molecule has 3 rings (SSSR count). The van der Waals surface area contributed by atoms with Gasteiger partial charge in [-0.1, -0.05) is 35.0 Å². The molecule has 1 aromatic carbocycles. The number of rotatable bonds is 7. The second-order valence-corrected chi connectivity index (χ2v) is 6.47. The van der Waals surface area contributed by atoms with Crippen LogP contribution in [0.3, 0.4) is 0 Å². The molecule has 1 atom stereocenters. The van der Waals surface area contributed by atoms with Crippen LogP contribution >= 0.6 is 0 Å². The molecule has 0 aliphatic heterocycles. The maximum atomic E-state index is 12.6. The van der Waals surface area contributed by atoms with Crippen LogP contribution in [0.1, 0.15) is 54.6 Å². The largest absolute Gasteiger partial charge is 0.479 e. The Morgan fingerprint density at radius 2 is 2.19 bits per heavy atom. The molecule has 1 aliphatic carbocycles. The number of carbonyl (C=O) groups excluding carboxylic acids is 1. The van der Waals surface area contributed by atoms with Crippen LogP contribution in [0.5, 0.6) is 0 Å². The number of hydrogen-bond acceptors (Lipinski definition) is 5. The van der Waals surface area contributed by atoms with Gasteiger partial charge in [-0.15, -0.1) is 0 Å². The molecule has 1 fully saturated rings. The number of hydrogen-bond donors (Lipinski definition) is 2. The van der Waals surface area contributed by atoms with Crippen LogP contribution in [0.15, 0.2) is 28.8 Å². The zero-order valence-corrected chi connectivity index (χ0v) is 14.8. The van der Waals surface area contributed by atoms with E-state index in [4.69, 9.17) is 4.52 Å². The molecule has 0 radical (unpaired) electrons. The number of aromatic nitrogens is 2. The van der Waals surface area contributed by atoms with Gasteiger partial charge in [0.05, 0.1) is 6.54 Å². The first-order valence-corrected chi connectivity index (χ1v) is 8.65. The van der Waals surface area contributed by atoms with Crippen molar-refractivity contribution in [3.63, 3.8) is 0 Å². The Kier molecular flexibility index (Phi) is 5.20. The Hall–Kier alpha value is -2.90. The van der Waals surface area contributed by atoms with Crippen LogP contribution in [0.2, 0.25) is 0 Å². The molecular weight excluding hydrogens is 336 g/mol. The zero-order chi connectivity index (χ0) is 18.7. The van der Waals surface area contributed by atoms with Crippen LogP contribution in [0.25, 0.3) is 0 Å². The van der Waals surface area contributed by atoms with Crippen molar-refractivity contribution in [2.24, 2.45) is 0 Å². The molecule has 0 spiro atoms. The van der Waals surface area contributed by atoms with Crippen molar-refractivity contribution in [1.82, 2.24) is 20.4 Å². The van der Waals surface area contributed by atoms with Gasteiger partial charge in [0.2, 0.25) is 5.89 Å². The first-order chi connectivity index (χ1) is 12.5. The summed E-state index contributed by atoms with van der Waals surface area (Å²) in [5.74, 6) is 0.263. The van der Waals surface area contributed by atoms with Crippen molar-refractivity contribution in [2.45, 2.75) is 45.2 Å². The standard InChI is InChI=1S/C18H22N4O4/c1-3-22(10-14-19-16(26-21-14)12-7-8-12)18(25)20-15(17(23)24)13-6-4-5-11(2)9-13/h4-6,9,12,15H,3,7-8,10H2,1-2H3,(H,20,25)(H,23,24). The van der Waals surface area contributed by atoms with Gasteiger partial charge in [-0.2, -0.15) is 4.98 Å². The number of carboxylic acid groups (broad SMARTS) is 1. The van der Waals surface area contributed by atoms with Gasteiger partial charge in [-0.05, 0) is 32.3 Å². The van der Waals surface area contributed by atoms with E-state index in [-0.39, 0.29) is 6.54 Å². The van der Waals surface area contributed by atoms with Crippen molar-refractivity contribution in [3.8, 4) is 0 Å². The van der Waals surface area contributed by atoms with Crippen LogP contribution < -0.4 is 5.32 Å². The predicted octanol–water partition coefficient (Wildman–Crippen LogP) is 2.61. The smallest absolute Gasteiger partial charge is 0.330 e. The Morgan fingerprint density at radius 1 is 1.42 bits per heavy atom. The number of aliphatic carboxylic acids is 1. The normalized spacial score (nSPS) is 14.7. The number of nitrogens with one attached hydrogen (secondary N) is 1. The zero-order valence-electron chi connectivity index (χ0n) is 14.8. The van der Waals surface area contributed by atoms with Gasteiger partial charge in [0.25, 0.3) is 0 Å². The first-order valence-electron chi connectivity index (χ1n) is 8.65. The van der Waals surface area contributed by atoms with Crippen LogP contribution in [-0.4, -0.2) is 38.7 Å². The summed E-state index contributed by atoms with van der Waals surface area (Å²) >= 11 is 0. The summed E-state index contributed by atoms with van der Waals surface area (Å²) in [6.45, 7) is 4.23. The lowest BCUT2D eigenvalue weighted by atomic mass is 10.0. The fraction of sp³-hybridized carbons (Fsp3) is 0.444. The second-order valence-electron chi connectivity index (χ2n) is 6.47. The maximum absolute atomic E-state index is 12.6. The molecule has 2 N–H and O–H groups in total. The summed E-state index contributed by atoms with van der Waals surface area (Å²) in [5.41, 5.74) is 1.45. The Bertz CT molecular complexity index is 800. The van der Waals surface area contributed by atoms with E-state index >= 15 is 0 Å². The molecule has 1 aliphatic rings. The number of amides is 2. The van der Waals surface area contributed by atoms with Crippen molar-refractivity contribution in [1.29, 1.82) is 0 Å². The number of urea groups is 1. The number of aryl methyl sites for hydroxylation is 1. The number of carbonyl (C=O) groups is 2. The van der Waals surface area contributed by atoms with E-state index in [1.807, 2.05) is 19.9 Å². The summed E-state index contributed by atoms with van der Waals surface area (Å²) in [7, 11) is 0. The lowest BCUT2D eigenvalue weighted by Crippen LogP contribution is -2.43. The molecule has 2 aromatic rings. The number of benzene rings is 1. The van der Waals surface area contributed by atoms with Gasteiger partial charge < -0.3 is 19.8 Å². The highest BCUT2D eigenvalue weighted by Crippen LogP contribution is 2.38. The van der Waals surface area contributed by atoms with E-state index in [1.54, 1.807) is 18.2 Å². The van der Waals surface area contributed by atoms with Crippen LogP contribution in [0, 0.1) is 6.92 Å². The fourth-order valence-corrected chi connectivity index (χ4v) is 2.68. The number of carboxylic acids is 1. The fourth-order valence-electron chi connectivity index (χ4n) is 2.68. The third-order valence-corrected chi connectivity index (χ3v) is 4.30. The van der Waals surface area contributed by atoms with Crippen LogP contribution in [-0.2, 0) is 11.3 Å². The predicted molar refractivity (Wildman–Crippen MR) is 92.4 cm³/mol. The molecule has 0 saturated heterocycles. The summed E-state index contributed by atoms with van der Waals surface area (Å²) in [5, 5.41) is 16.0. The Labute approximate surface area is 151 Å². The minimum Gasteiger partial charge on any atom is -0.479 e. The average molecular weight is 358 g/mol. The molecular formula is C18H22N4O4. The SMILES string of the molecule is CCN(Cc1noc(C2CC2)n1)C(=O)NC(C(=O)O)c1cccc(C)c1. The minimum absolute atomic E-state index is 0.165. The van der Waals surface area contributed by atoms with Crippen molar-refractivity contribution >= 4 is 12.0 Å². The van der Waals surface area contributed by atoms with Gasteiger partial charge in [0, 0.05) is 12.5 Å². The highest BCUT2D eigenvalue weighted by molar-refractivity contribution is 5.83. The van der Waals surface area contributed by atoms with Crippen molar-refractivity contribution in [2.75, 3.05) is 6.54 Å². The van der Waals surface area contributed by atoms with Gasteiger partial charge in [-0.25, -0.2) is 9.59 Å². The van der Waals surface area contributed by atoms with E-state index < -0.39 is 18.0 Å². The molecule has 8 heteroatoms. The highest BCUT2D eigenvalue weighted by Gasteiger charge is 2.30. The molecule has 0 bridgehead atoms. The molecule has 8 nitrogen and oxygen atoms in total. The lowest BCUT2D eigenvalue weighted by molar-refractivity contribution is -0.139. The average Bonchev–Trinajstić information content (AvgIpc) is 3.36. The summed E-state index contributed by atoms with van der Waals surface area (Å²) in [4.78, 5) is 30.0. The van der Waals surface area contributed by atoms with Crippen molar-refractivity contribution < 1.29 is 19.2 Å². The quantitative estimate of drug-likeness (QED) is 0.787. The maximum Gasteiger partial charge on any atom is 0.330 e. The molecule has 1 aromatic heterocycles. The molecule has 1 saturated carbocycles. The van der Waals surface area contributed by atoms with Crippen LogP contribution in [0.4, 0.5) is 4.79 Å².